The fourth-order valence-corrected chi connectivity index (χ4v) is 4.55. The van der Waals surface area contributed by atoms with Gasteiger partial charge in [0.15, 0.2) is 0 Å². The van der Waals surface area contributed by atoms with Crippen LogP contribution in [0.3, 0.4) is 0 Å². The van der Waals surface area contributed by atoms with Crippen molar-refractivity contribution in [1.29, 1.82) is 0 Å². The average Bonchev–Trinajstić information content (AvgIpc) is 2.89. The minimum atomic E-state index is -0.122. The Labute approximate surface area is 201 Å². The van der Waals surface area contributed by atoms with Crippen LogP contribution in [0.4, 0.5) is 5.69 Å². The van der Waals surface area contributed by atoms with Gasteiger partial charge in [-0.1, -0.05) is 55.5 Å². The average molecular weight is 457 g/mol. The van der Waals surface area contributed by atoms with Crippen LogP contribution in [-0.2, 0) is 11.3 Å². The van der Waals surface area contributed by atoms with Gasteiger partial charge < -0.3 is 15.5 Å². The number of nitrogens with zero attached hydrogens (tertiary/aromatic N) is 2. The number of para-hydroxylation sites is 1. The van der Waals surface area contributed by atoms with Crippen LogP contribution < -0.4 is 15.5 Å². The van der Waals surface area contributed by atoms with Gasteiger partial charge in [-0.2, -0.15) is 0 Å². The fraction of sp³-hybridized carbons (Fsp3) is 0.321. The molecule has 2 heterocycles. The van der Waals surface area contributed by atoms with Crippen molar-refractivity contribution in [3.8, 4) is 0 Å². The molecule has 4 rings (SSSR count). The van der Waals surface area contributed by atoms with E-state index in [1.807, 2.05) is 66.7 Å². The molecule has 3 aromatic rings. The summed E-state index contributed by atoms with van der Waals surface area (Å²) in [5, 5.41) is 6.27. The zero-order valence-electron chi connectivity index (χ0n) is 19.6. The van der Waals surface area contributed by atoms with Crippen molar-refractivity contribution in [2.24, 2.45) is 0 Å². The smallest absolute Gasteiger partial charge is 0.253 e. The molecule has 1 atom stereocenters. The van der Waals surface area contributed by atoms with Crippen molar-refractivity contribution in [2.45, 2.75) is 44.7 Å². The lowest BCUT2D eigenvalue weighted by molar-refractivity contribution is -0.123. The third kappa shape index (κ3) is 5.81. The highest BCUT2D eigenvalue weighted by molar-refractivity contribution is 5.99. The van der Waals surface area contributed by atoms with Gasteiger partial charge in [0.05, 0.1) is 11.5 Å². The summed E-state index contributed by atoms with van der Waals surface area (Å²) in [5.74, 6) is -0.116. The van der Waals surface area contributed by atoms with E-state index in [2.05, 4.69) is 27.4 Å². The Hall–Kier alpha value is -3.67. The molecule has 176 valence electrons. The predicted molar refractivity (Wildman–Crippen MR) is 135 cm³/mol. The number of hydrogen-bond donors (Lipinski definition) is 2. The second kappa shape index (κ2) is 11.5. The second-order valence-electron chi connectivity index (χ2n) is 8.70. The topological polar surface area (TPSA) is 74.3 Å². The number of carbonyl (C=O) groups excluding carboxylic acids is 2. The van der Waals surface area contributed by atoms with Crippen LogP contribution in [0.15, 0.2) is 79.1 Å². The highest BCUT2D eigenvalue weighted by Gasteiger charge is 2.26. The van der Waals surface area contributed by atoms with Crippen LogP contribution in [0, 0.1) is 0 Å². The zero-order chi connectivity index (χ0) is 23.8. The van der Waals surface area contributed by atoms with Crippen LogP contribution in [-0.4, -0.2) is 35.9 Å². The molecule has 1 saturated heterocycles. The van der Waals surface area contributed by atoms with E-state index in [-0.39, 0.29) is 23.8 Å². The molecule has 6 heteroatoms. The van der Waals surface area contributed by atoms with Crippen LogP contribution in [0.25, 0.3) is 0 Å². The van der Waals surface area contributed by atoms with Gasteiger partial charge >= 0.3 is 0 Å². The summed E-state index contributed by atoms with van der Waals surface area (Å²) in [6.45, 7) is 4.07. The SMILES string of the molecule is CC[C@H](C(=O)NC1CCN(c2ccccc2C(=O)NCc2cccnc2)CC1)c1ccccc1. The van der Waals surface area contributed by atoms with Crippen molar-refractivity contribution in [1.82, 2.24) is 15.6 Å². The van der Waals surface area contributed by atoms with E-state index >= 15 is 0 Å². The van der Waals surface area contributed by atoms with Gasteiger partial charge in [0.2, 0.25) is 5.91 Å². The maximum Gasteiger partial charge on any atom is 0.253 e. The summed E-state index contributed by atoms with van der Waals surface area (Å²) in [4.78, 5) is 32.2. The standard InChI is InChI=1S/C28H32N4O2/c1-2-24(22-10-4-3-5-11-22)28(34)31-23-14-17-32(18-15-23)26-13-7-6-12-25(26)27(33)30-20-21-9-8-16-29-19-21/h3-13,16,19,23-24H,2,14-15,17-18,20H2,1H3,(H,30,33)(H,31,34)/t24-/m0/s1. The molecule has 0 aliphatic carbocycles. The summed E-state index contributed by atoms with van der Waals surface area (Å²) in [7, 11) is 0. The molecule has 1 aliphatic rings. The maximum absolute atomic E-state index is 12.9. The van der Waals surface area contributed by atoms with E-state index < -0.39 is 0 Å². The lowest BCUT2D eigenvalue weighted by Gasteiger charge is -2.35. The maximum atomic E-state index is 12.9. The first-order chi connectivity index (χ1) is 16.7. The number of nitrogens with one attached hydrogen (secondary N) is 2. The van der Waals surface area contributed by atoms with Crippen molar-refractivity contribution < 1.29 is 9.59 Å². The van der Waals surface area contributed by atoms with Gasteiger partial charge in [-0.3, -0.25) is 14.6 Å². The fourth-order valence-electron chi connectivity index (χ4n) is 4.55. The Morgan fingerprint density at radius 1 is 1.00 bits per heavy atom. The molecule has 6 nitrogen and oxygen atoms in total. The number of carbonyl (C=O) groups is 2. The largest absolute Gasteiger partial charge is 0.371 e. The zero-order valence-corrected chi connectivity index (χ0v) is 19.6. The van der Waals surface area contributed by atoms with Crippen molar-refractivity contribution >= 4 is 17.5 Å². The molecule has 0 bridgehead atoms. The summed E-state index contributed by atoms with van der Waals surface area (Å²) >= 11 is 0. The summed E-state index contributed by atoms with van der Waals surface area (Å²) in [6, 6.07) is 21.7. The number of aromatic nitrogens is 1. The third-order valence-electron chi connectivity index (χ3n) is 6.43. The number of amides is 2. The summed E-state index contributed by atoms with van der Waals surface area (Å²) < 4.78 is 0. The molecule has 2 amide bonds. The summed E-state index contributed by atoms with van der Waals surface area (Å²) in [6.07, 6.45) is 5.95. The monoisotopic (exact) mass is 456 g/mol. The first kappa shape index (κ1) is 23.5. The minimum Gasteiger partial charge on any atom is -0.371 e. The molecule has 34 heavy (non-hydrogen) atoms. The molecule has 0 saturated carbocycles. The molecule has 2 aromatic carbocycles. The van der Waals surface area contributed by atoms with E-state index in [0.29, 0.717) is 12.1 Å². The highest BCUT2D eigenvalue weighted by Crippen LogP contribution is 2.25. The Morgan fingerprint density at radius 3 is 2.44 bits per heavy atom. The minimum absolute atomic E-state index is 0.0940. The van der Waals surface area contributed by atoms with E-state index in [0.717, 1.165) is 49.2 Å². The molecule has 1 fully saturated rings. The summed E-state index contributed by atoms with van der Waals surface area (Å²) in [5.41, 5.74) is 3.63. The molecule has 0 unspecified atom stereocenters. The first-order valence-electron chi connectivity index (χ1n) is 12.0. The Balaban J connectivity index is 1.34. The number of hydrogen-bond acceptors (Lipinski definition) is 4. The molecular formula is C28H32N4O2. The predicted octanol–water partition coefficient (Wildman–Crippen LogP) is 4.29. The van der Waals surface area contributed by atoms with E-state index in [9.17, 15) is 9.59 Å². The number of piperidine rings is 1. The van der Waals surface area contributed by atoms with Crippen molar-refractivity contribution in [3.05, 3.63) is 95.8 Å². The van der Waals surface area contributed by atoms with Crippen molar-refractivity contribution in [2.75, 3.05) is 18.0 Å². The Kier molecular flexibility index (Phi) is 7.91. The van der Waals surface area contributed by atoms with Crippen LogP contribution in [0.5, 0.6) is 0 Å². The number of rotatable bonds is 8. The van der Waals surface area contributed by atoms with Crippen LogP contribution in [0.1, 0.15) is 53.6 Å². The van der Waals surface area contributed by atoms with Crippen LogP contribution >= 0.6 is 0 Å². The van der Waals surface area contributed by atoms with Gasteiger partial charge in [0.1, 0.15) is 0 Å². The van der Waals surface area contributed by atoms with Gasteiger partial charge in [0.25, 0.3) is 5.91 Å². The van der Waals surface area contributed by atoms with Gasteiger partial charge in [-0.15, -0.1) is 0 Å². The quantitative estimate of drug-likeness (QED) is 0.530. The van der Waals surface area contributed by atoms with Gasteiger partial charge in [-0.05, 0) is 48.6 Å². The number of anilines is 1. The number of pyridine rings is 1. The molecule has 1 aliphatic heterocycles. The first-order valence-corrected chi connectivity index (χ1v) is 12.0. The lowest BCUT2D eigenvalue weighted by atomic mass is 9.94. The second-order valence-corrected chi connectivity index (χ2v) is 8.70. The molecule has 1 aromatic heterocycles. The highest BCUT2D eigenvalue weighted by atomic mass is 16.2. The third-order valence-corrected chi connectivity index (χ3v) is 6.43. The Morgan fingerprint density at radius 2 is 1.74 bits per heavy atom. The van der Waals surface area contributed by atoms with E-state index in [1.54, 1.807) is 12.4 Å². The van der Waals surface area contributed by atoms with Crippen molar-refractivity contribution in [3.63, 3.8) is 0 Å². The van der Waals surface area contributed by atoms with E-state index in [1.165, 1.54) is 0 Å². The van der Waals surface area contributed by atoms with Gasteiger partial charge in [-0.25, -0.2) is 0 Å². The molecule has 0 radical (unpaired) electrons. The van der Waals surface area contributed by atoms with Gasteiger partial charge in [0, 0.05) is 43.8 Å². The Bertz CT molecular complexity index is 1080. The molecule has 2 N–H and O–H groups in total. The molecule has 0 spiro atoms. The number of benzene rings is 2. The van der Waals surface area contributed by atoms with Crippen LogP contribution in [0.2, 0.25) is 0 Å². The lowest BCUT2D eigenvalue weighted by Crippen LogP contribution is -2.46. The molecular weight excluding hydrogens is 424 g/mol. The normalized spacial score (nSPS) is 14.9. The van der Waals surface area contributed by atoms with E-state index in [4.69, 9.17) is 0 Å².